The molecule has 1 N–H and O–H groups in total. The van der Waals surface area contributed by atoms with Gasteiger partial charge in [-0.1, -0.05) is 47.6 Å². The number of halogens is 5. The summed E-state index contributed by atoms with van der Waals surface area (Å²) in [4.78, 5) is 15.1. The molecule has 142 valence electrons. The second-order valence-electron chi connectivity index (χ2n) is 5.58. The van der Waals surface area contributed by atoms with Crippen molar-refractivity contribution in [1.29, 1.82) is 0 Å². The number of para-hydroxylation sites is 1. The Kier molecular flexibility index (Phi) is 6.02. The van der Waals surface area contributed by atoms with Gasteiger partial charge in [-0.25, -0.2) is 8.78 Å². The third-order valence-corrected chi connectivity index (χ3v) is 3.72. The number of hydrogen-bond donors (Lipinski definition) is 1. The molecule has 2 aromatic carbocycles. The van der Waals surface area contributed by atoms with E-state index in [1.165, 1.54) is 12.1 Å². The summed E-state index contributed by atoms with van der Waals surface area (Å²) in [5.41, 5.74) is 5.51. The molecule has 1 amide bonds. The van der Waals surface area contributed by atoms with Crippen LogP contribution in [-0.4, -0.2) is 12.1 Å². The number of rotatable bonds is 6. The Hall–Kier alpha value is -3.13. The summed E-state index contributed by atoms with van der Waals surface area (Å²) < 4.78 is 65.0. The summed E-state index contributed by atoms with van der Waals surface area (Å²) in [5.74, 6) is -1.23. The van der Waals surface area contributed by atoms with Gasteiger partial charge in [0, 0.05) is 16.2 Å². The zero-order valence-corrected chi connectivity index (χ0v) is 13.6. The van der Waals surface area contributed by atoms with Crippen molar-refractivity contribution in [1.82, 2.24) is 0 Å². The quantitative estimate of drug-likeness (QED) is 0.294. The first-order chi connectivity index (χ1) is 12.7. The van der Waals surface area contributed by atoms with E-state index >= 15 is 0 Å². The molecule has 0 bridgehead atoms. The number of hydrogen-bond acceptors (Lipinski definition) is 2. The topological polar surface area (TPSA) is 77.9 Å². The molecule has 0 aromatic heterocycles. The fourth-order valence-corrected chi connectivity index (χ4v) is 2.48. The first-order valence-corrected chi connectivity index (χ1v) is 7.56. The minimum absolute atomic E-state index is 0.186. The lowest BCUT2D eigenvalue weighted by atomic mass is 9.85. The summed E-state index contributed by atoms with van der Waals surface area (Å²) in [6.45, 7) is 0. The van der Waals surface area contributed by atoms with E-state index in [2.05, 4.69) is 15.3 Å². The highest BCUT2D eigenvalue weighted by molar-refractivity contribution is 5.99. The summed E-state index contributed by atoms with van der Waals surface area (Å²) in [6.07, 6.45) is -9.51. The largest absolute Gasteiger partial charge is 0.390 e. The van der Waals surface area contributed by atoms with Gasteiger partial charge in [-0.2, -0.15) is 13.2 Å². The zero-order valence-electron chi connectivity index (χ0n) is 13.6. The smallest absolute Gasteiger partial charge is 0.325 e. The van der Waals surface area contributed by atoms with Gasteiger partial charge >= 0.3 is 6.18 Å². The number of nitrogens with zero attached hydrogens (tertiary/aromatic N) is 3. The van der Waals surface area contributed by atoms with Gasteiger partial charge in [0.05, 0.1) is 6.42 Å². The highest BCUT2D eigenvalue weighted by atomic mass is 19.4. The van der Waals surface area contributed by atoms with Crippen LogP contribution in [0.1, 0.15) is 24.0 Å². The van der Waals surface area contributed by atoms with Crippen molar-refractivity contribution >= 4 is 11.6 Å². The molecule has 0 aliphatic rings. The van der Waals surface area contributed by atoms with Crippen molar-refractivity contribution in [2.45, 2.75) is 24.6 Å². The molecule has 1 atom stereocenters. The molecular weight excluding hydrogens is 371 g/mol. The summed E-state index contributed by atoms with van der Waals surface area (Å²) in [6, 6.07) is 11.2. The number of benzene rings is 2. The number of azide groups is 1. The molecule has 5 nitrogen and oxygen atoms in total. The molecule has 0 heterocycles. The van der Waals surface area contributed by atoms with Crippen LogP contribution in [-0.2, 0) is 10.3 Å². The molecule has 0 unspecified atom stereocenters. The van der Waals surface area contributed by atoms with Crippen LogP contribution < -0.4 is 5.32 Å². The molecule has 0 saturated carbocycles. The molecule has 0 radical (unpaired) electrons. The molecule has 2 rings (SSSR count). The van der Waals surface area contributed by atoms with E-state index in [9.17, 15) is 26.7 Å². The second-order valence-corrected chi connectivity index (χ2v) is 5.58. The van der Waals surface area contributed by atoms with Crippen LogP contribution in [0.15, 0.2) is 59.7 Å². The minimum Gasteiger partial charge on any atom is -0.325 e. The SMILES string of the molecule is [N-]=[N+]=N[C@@](CC(F)(F)F)(C(=O)Nc1ccccc1)c1ccc(C(F)F)cc1. The Balaban J connectivity index is 2.54. The third-order valence-electron chi connectivity index (χ3n) is 3.72. The van der Waals surface area contributed by atoms with E-state index in [0.29, 0.717) is 0 Å². The summed E-state index contributed by atoms with van der Waals surface area (Å²) >= 11 is 0. The van der Waals surface area contributed by atoms with Crippen LogP contribution in [0.2, 0.25) is 0 Å². The average molecular weight is 384 g/mol. The maximum absolute atomic E-state index is 13.2. The van der Waals surface area contributed by atoms with Crippen molar-refractivity contribution in [2.24, 2.45) is 5.11 Å². The first-order valence-electron chi connectivity index (χ1n) is 7.56. The third kappa shape index (κ3) is 4.95. The van der Waals surface area contributed by atoms with Crippen molar-refractivity contribution in [2.75, 3.05) is 5.32 Å². The number of anilines is 1. The van der Waals surface area contributed by atoms with Gasteiger partial charge in [-0.3, -0.25) is 4.79 Å². The predicted molar refractivity (Wildman–Crippen MR) is 88.0 cm³/mol. The van der Waals surface area contributed by atoms with Crippen molar-refractivity contribution < 1.29 is 26.7 Å². The normalized spacial score (nSPS) is 13.6. The fourth-order valence-electron chi connectivity index (χ4n) is 2.48. The maximum atomic E-state index is 13.2. The molecule has 0 aliphatic heterocycles. The molecule has 27 heavy (non-hydrogen) atoms. The monoisotopic (exact) mass is 384 g/mol. The Morgan fingerprint density at radius 2 is 1.67 bits per heavy atom. The second kappa shape index (κ2) is 8.05. The van der Waals surface area contributed by atoms with Crippen LogP contribution in [0.3, 0.4) is 0 Å². The highest BCUT2D eigenvalue weighted by Gasteiger charge is 2.49. The summed E-state index contributed by atoms with van der Waals surface area (Å²) in [7, 11) is 0. The van der Waals surface area contributed by atoms with Crippen LogP contribution in [0.4, 0.5) is 27.6 Å². The van der Waals surface area contributed by atoms with Gasteiger partial charge in [-0.15, -0.1) is 0 Å². The van der Waals surface area contributed by atoms with E-state index < -0.39 is 36.0 Å². The van der Waals surface area contributed by atoms with Gasteiger partial charge in [0.2, 0.25) is 5.91 Å². The Labute approximate surface area is 150 Å². The van der Waals surface area contributed by atoms with Crippen LogP contribution >= 0.6 is 0 Å². The van der Waals surface area contributed by atoms with Crippen LogP contribution in [0.5, 0.6) is 0 Å². The molecule has 0 saturated heterocycles. The van der Waals surface area contributed by atoms with Gasteiger partial charge in [0.1, 0.15) is 0 Å². The lowest BCUT2D eigenvalue weighted by molar-refractivity contribution is -0.156. The predicted octanol–water partition coefficient (Wildman–Crippen LogP) is 5.72. The van der Waals surface area contributed by atoms with E-state index in [-0.39, 0.29) is 11.3 Å². The minimum atomic E-state index is -4.87. The average Bonchev–Trinajstić information content (AvgIpc) is 2.61. The van der Waals surface area contributed by atoms with Crippen molar-refractivity contribution in [3.63, 3.8) is 0 Å². The van der Waals surface area contributed by atoms with Gasteiger partial charge in [-0.05, 0) is 23.2 Å². The number of amides is 1. The van der Waals surface area contributed by atoms with Crippen LogP contribution in [0, 0.1) is 0 Å². The molecule has 0 aliphatic carbocycles. The molecule has 2 aromatic rings. The fraction of sp³-hybridized carbons (Fsp3) is 0.235. The maximum Gasteiger partial charge on any atom is 0.390 e. The Morgan fingerprint density at radius 3 is 2.15 bits per heavy atom. The number of carbonyl (C=O) groups excluding carboxylic acids is 1. The van der Waals surface area contributed by atoms with Crippen molar-refractivity contribution in [3.8, 4) is 0 Å². The Bertz CT molecular complexity index is 833. The number of carbonyl (C=O) groups is 1. The molecule has 0 spiro atoms. The zero-order chi connectivity index (χ0) is 20.1. The van der Waals surface area contributed by atoms with Gasteiger partial charge in [0.15, 0.2) is 5.54 Å². The summed E-state index contributed by atoms with van der Waals surface area (Å²) in [5, 5.41) is 5.42. The van der Waals surface area contributed by atoms with E-state index in [0.717, 1.165) is 24.3 Å². The number of nitrogens with one attached hydrogen (secondary N) is 1. The highest BCUT2D eigenvalue weighted by Crippen LogP contribution is 2.40. The van der Waals surface area contributed by atoms with Gasteiger partial charge in [0.25, 0.3) is 6.43 Å². The molecule has 0 fully saturated rings. The standard InChI is InChI=1S/C17H13F5N4O/c18-14(19)11-6-8-12(9-7-11)16(25-26-23,10-17(20,21)22)15(27)24-13-4-2-1-3-5-13/h1-9,14H,10H2,(H,24,27)/t16-/m1/s1. The van der Waals surface area contributed by atoms with Crippen LogP contribution in [0.25, 0.3) is 10.4 Å². The molecule has 10 heteroatoms. The Morgan fingerprint density at radius 1 is 1.07 bits per heavy atom. The van der Waals surface area contributed by atoms with E-state index in [1.807, 2.05) is 0 Å². The number of alkyl halides is 5. The van der Waals surface area contributed by atoms with Gasteiger partial charge < -0.3 is 5.32 Å². The van der Waals surface area contributed by atoms with E-state index in [4.69, 9.17) is 5.53 Å². The lowest BCUT2D eigenvalue weighted by Crippen LogP contribution is -2.42. The molecular formula is C17H13F5N4O. The lowest BCUT2D eigenvalue weighted by Gasteiger charge is -2.29. The van der Waals surface area contributed by atoms with Crippen molar-refractivity contribution in [3.05, 3.63) is 76.2 Å². The first kappa shape index (κ1) is 20.2. The van der Waals surface area contributed by atoms with E-state index in [1.54, 1.807) is 18.2 Å².